The lowest BCUT2D eigenvalue weighted by Crippen LogP contribution is -2.33. The van der Waals surface area contributed by atoms with Gasteiger partial charge in [-0.3, -0.25) is 4.79 Å². The summed E-state index contributed by atoms with van der Waals surface area (Å²) in [6, 6.07) is 6.86. The Kier molecular flexibility index (Phi) is 1.91. The Bertz CT molecular complexity index is 656. The van der Waals surface area contributed by atoms with E-state index >= 15 is 0 Å². The minimum Gasteiger partial charge on any atom is -0.356 e. The molecule has 3 heteroatoms. The van der Waals surface area contributed by atoms with Gasteiger partial charge in [0.1, 0.15) is 0 Å². The van der Waals surface area contributed by atoms with Gasteiger partial charge in [0.05, 0.1) is 6.04 Å². The van der Waals surface area contributed by atoms with E-state index in [1.54, 1.807) is 0 Å². The van der Waals surface area contributed by atoms with E-state index in [0.717, 1.165) is 19.4 Å². The van der Waals surface area contributed by atoms with Crippen LogP contribution >= 0.6 is 0 Å². The number of benzene rings is 1. The molecule has 92 valence electrons. The average molecular weight is 240 g/mol. The summed E-state index contributed by atoms with van der Waals surface area (Å²) in [4.78, 5) is 17.4. The van der Waals surface area contributed by atoms with Gasteiger partial charge >= 0.3 is 0 Å². The highest BCUT2D eigenvalue weighted by Gasteiger charge is 2.37. The van der Waals surface area contributed by atoms with Crippen molar-refractivity contribution in [2.24, 2.45) is 0 Å². The van der Waals surface area contributed by atoms with E-state index < -0.39 is 0 Å². The Labute approximate surface area is 106 Å². The van der Waals surface area contributed by atoms with E-state index in [9.17, 15) is 4.79 Å². The van der Waals surface area contributed by atoms with Crippen LogP contribution in [0.3, 0.4) is 0 Å². The average Bonchev–Trinajstić information content (AvgIpc) is 2.90. The minimum absolute atomic E-state index is 0.300. The van der Waals surface area contributed by atoms with Gasteiger partial charge in [-0.05, 0) is 37.5 Å². The minimum atomic E-state index is 0.300. The third kappa shape index (κ3) is 1.22. The highest BCUT2D eigenvalue weighted by molar-refractivity contribution is 5.87. The monoisotopic (exact) mass is 240 g/mol. The molecule has 1 aromatic heterocycles. The van der Waals surface area contributed by atoms with Crippen molar-refractivity contribution in [2.45, 2.75) is 32.2 Å². The van der Waals surface area contributed by atoms with Crippen molar-refractivity contribution >= 4 is 16.8 Å². The molecule has 0 aliphatic carbocycles. The fourth-order valence-corrected chi connectivity index (χ4v) is 3.48. The standard InChI is InChI=1S/C15H16N2O/c1-9-2-3-12-11(8-9)10-6-7-17-13(15(10)16-12)4-5-14(17)18/h2-3,8,13,16H,4-7H2,1H3/t13-/m1/s1. The SMILES string of the molecule is Cc1ccc2[nH]c3c(c2c1)CCN1C(=O)CC[C@H]31. The molecule has 2 aromatic rings. The quantitative estimate of drug-likeness (QED) is 0.755. The lowest BCUT2D eigenvalue weighted by Gasteiger charge is -2.29. The Morgan fingerprint density at radius 1 is 1.33 bits per heavy atom. The van der Waals surface area contributed by atoms with Crippen LogP contribution in [-0.4, -0.2) is 22.3 Å². The van der Waals surface area contributed by atoms with Crippen molar-refractivity contribution in [3.63, 3.8) is 0 Å². The number of hydrogen-bond donors (Lipinski definition) is 1. The molecule has 1 N–H and O–H groups in total. The largest absolute Gasteiger partial charge is 0.356 e. The highest BCUT2D eigenvalue weighted by atomic mass is 16.2. The van der Waals surface area contributed by atoms with Gasteiger partial charge in [-0.15, -0.1) is 0 Å². The van der Waals surface area contributed by atoms with Gasteiger partial charge in [-0.2, -0.15) is 0 Å². The summed E-state index contributed by atoms with van der Waals surface area (Å²) in [6.45, 7) is 3.02. The van der Waals surface area contributed by atoms with Gasteiger partial charge in [0.15, 0.2) is 0 Å². The van der Waals surface area contributed by atoms with E-state index in [-0.39, 0.29) is 0 Å². The van der Waals surface area contributed by atoms with Crippen LogP contribution in [0.4, 0.5) is 0 Å². The van der Waals surface area contributed by atoms with Crippen LogP contribution in [0.2, 0.25) is 0 Å². The number of fused-ring (bicyclic) bond motifs is 5. The molecule has 1 saturated heterocycles. The van der Waals surface area contributed by atoms with Gasteiger partial charge in [0.2, 0.25) is 5.91 Å². The molecule has 0 saturated carbocycles. The fourth-order valence-electron chi connectivity index (χ4n) is 3.48. The second-order valence-corrected chi connectivity index (χ2v) is 5.46. The highest BCUT2D eigenvalue weighted by Crippen LogP contribution is 2.40. The Hall–Kier alpha value is -1.77. The predicted octanol–water partition coefficient (Wildman–Crippen LogP) is 2.70. The molecule has 1 amide bonds. The molecule has 0 radical (unpaired) electrons. The van der Waals surface area contributed by atoms with Gasteiger partial charge in [-0.25, -0.2) is 0 Å². The molecule has 0 unspecified atom stereocenters. The van der Waals surface area contributed by atoms with Crippen molar-refractivity contribution in [3.05, 3.63) is 35.0 Å². The van der Waals surface area contributed by atoms with Gasteiger partial charge in [-0.1, -0.05) is 11.6 Å². The maximum absolute atomic E-state index is 11.8. The molecule has 1 fully saturated rings. The zero-order chi connectivity index (χ0) is 12.3. The molecule has 1 aromatic carbocycles. The number of nitrogens with one attached hydrogen (secondary N) is 1. The topological polar surface area (TPSA) is 36.1 Å². The Morgan fingerprint density at radius 3 is 3.11 bits per heavy atom. The number of amides is 1. The lowest BCUT2D eigenvalue weighted by atomic mass is 9.97. The van der Waals surface area contributed by atoms with Crippen LogP contribution in [0.25, 0.3) is 10.9 Å². The lowest BCUT2D eigenvalue weighted by molar-refractivity contribution is -0.129. The van der Waals surface area contributed by atoms with E-state index in [0.29, 0.717) is 18.4 Å². The number of aryl methyl sites for hydroxylation is 1. The molecule has 0 spiro atoms. The molecule has 3 heterocycles. The van der Waals surface area contributed by atoms with Gasteiger partial charge < -0.3 is 9.88 Å². The number of aromatic amines is 1. The number of hydrogen-bond acceptors (Lipinski definition) is 1. The Balaban J connectivity index is 1.94. The summed E-state index contributed by atoms with van der Waals surface area (Å²) in [5.41, 5.74) is 5.23. The number of nitrogens with zero attached hydrogens (tertiary/aromatic N) is 1. The third-order valence-corrected chi connectivity index (χ3v) is 4.36. The molecule has 2 aliphatic heterocycles. The van der Waals surface area contributed by atoms with Crippen molar-refractivity contribution in [3.8, 4) is 0 Å². The zero-order valence-corrected chi connectivity index (χ0v) is 10.5. The van der Waals surface area contributed by atoms with Crippen molar-refractivity contribution < 1.29 is 4.79 Å². The van der Waals surface area contributed by atoms with Gasteiger partial charge in [0, 0.05) is 29.6 Å². The number of aromatic nitrogens is 1. The second-order valence-electron chi connectivity index (χ2n) is 5.46. The summed E-state index contributed by atoms with van der Waals surface area (Å²) in [6.07, 6.45) is 2.66. The molecule has 2 aliphatic rings. The summed E-state index contributed by atoms with van der Waals surface area (Å²) >= 11 is 0. The number of H-pyrrole nitrogens is 1. The van der Waals surface area contributed by atoms with E-state index in [1.165, 1.54) is 27.7 Å². The Morgan fingerprint density at radius 2 is 2.22 bits per heavy atom. The third-order valence-electron chi connectivity index (χ3n) is 4.36. The van der Waals surface area contributed by atoms with E-state index in [4.69, 9.17) is 0 Å². The molecule has 18 heavy (non-hydrogen) atoms. The maximum Gasteiger partial charge on any atom is 0.223 e. The van der Waals surface area contributed by atoms with Crippen molar-refractivity contribution in [1.82, 2.24) is 9.88 Å². The van der Waals surface area contributed by atoms with Crippen molar-refractivity contribution in [2.75, 3.05) is 6.54 Å². The summed E-state index contributed by atoms with van der Waals surface area (Å²) in [5.74, 6) is 0.320. The number of carbonyl (C=O) groups is 1. The molecule has 4 rings (SSSR count). The van der Waals surface area contributed by atoms with E-state index in [2.05, 4.69) is 30.1 Å². The first-order valence-corrected chi connectivity index (χ1v) is 6.64. The molecule has 1 atom stereocenters. The fraction of sp³-hybridized carbons (Fsp3) is 0.400. The molecule has 0 bridgehead atoms. The molecule has 3 nitrogen and oxygen atoms in total. The first-order valence-electron chi connectivity index (χ1n) is 6.64. The summed E-state index contributed by atoms with van der Waals surface area (Å²) in [5, 5.41) is 1.35. The van der Waals surface area contributed by atoms with Crippen LogP contribution in [0.1, 0.15) is 35.7 Å². The van der Waals surface area contributed by atoms with Crippen LogP contribution < -0.4 is 0 Å². The van der Waals surface area contributed by atoms with Crippen LogP contribution in [0.15, 0.2) is 18.2 Å². The number of rotatable bonds is 0. The first kappa shape index (κ1) is 10.2. The summed E-state index contributed by atoms with van der Waals surface area (Å²) in [7, 11) is 0. The maximum atomic E-state index is 11.8. The van der Waals surface area contributed by atoms with E-state index in [1.807, 2.05) is 4.90 Å². The second kappa shape index (κ2) is 3.37. The summed E-state index contributed by atoms with van der Waals surface area (Å²) < 4.78 is 0. The van der Waals surface area contributed by atoms with Crippen LogP contribution in [0, 0.1) is 6.92 Å². The zero-order valence-electron chi connectivity index (χ0n) is 10.5. The predicted molar refractivity (Wildman–Crippen MR) is 70.4 cm³/mol. The van der Waals surface area contributed by atoms with Gasteiger partial charge in [0.25, 0.3) is 0 Å². The first-order chi connectivity index (χ1) is 8.74. The number of carbonyl (C=O) groups excluding carboxylic acids is 1. The normalized spacial score (nSPS) is 22.4. The molecular formula is C15H16N2O. The van der Waals surface area contributed by atoms with Crippen LogP contribution in [-0.2, 0) is 11.2 Å². The van der Waals surface area contributed by atoms with Crippen molar-refractivity contribution in [1.29, 1.82) is 0 Å². The molecular weight excluding hydrogens is 224 g/mol. The smallest absolute Gasteiger partial charge is 0.223 e. The van der Waals surface area contributed by atoms with Crippen LogP contribution in [0.5, 0.6) is 0 Å².